The van der Waals surface area contributed by atoms with Gasteiger partial charge in [-0.25, -0.2) is 4.79 Å². The summed E-state index contributed by atoms with van der Waals surface area (Å²) in [7, 11) is -2.72. The van der Waals surface area contributed by atoms with E-state index in [0.717, 1.165) is 0 Å². The van der Waals surface area contributed by atoms with E-state index in [1.54, 1.807) is 0 Å². The second-order valence-electron chi connectivity index (χ2n) is 2.66. The number of guanidine groups is 1. The molecule has 1 atom stereocenters. The van der Waals surface area contributed by atoms with Crippen LogP contribution in [0.25, 0.3) is 0 Å². The molecular weight excluding hydrogens is 224 g/mol. The van der Waals surface area contributed by atoms with E-state index in [9.17, 15) is 13.2 Å². The number of rotatable bonds is 6. The third kappa shape index (κ3) is 7.43. The third-order valence-corrected chi connectivity index (χ3v) is 1.89. The number of aliphatic carboxylic acids is 1. The molecular formula is C6H12N4O4S. The van der Waals surface area contributed by atoms with Crippen molar-refractivity contribution in [3.8, 4) is 0 Å². The molecule has 0 bridgehead atoms. The monoisotopic (exact) mass is 236 g/mol. The quantitative estimate of drug-likeness (QED) is 0.258. The minimum Gasteiger partial charge on any atom is -0.480 e. The van der Waals surface area contributed by atoms with Crippen molar-refractivity contribution in [2.75, 3.05) is 6.54 Å². The van der Waals surface area contributed by atoms with Gasteiger partial charge in [-0.05, 0) is 12.8 Å². The summed E-state index contributed by atoms with van der Waals surface area (Å²) in [6.07, 6.45) is 0.431. The number of nitrogens with one attached hydrogen (secondary N) is 2. The number of hydrogen-bond acceptors (Lipinski definition) is 5. The lowest BCUT2D eigenvalue weighted by Gasteiger charge is -2.05. The molecule has 0 aliphatic heterocycles. The first-order chi connectivity index (χ1) is 6.93. The molecule has 9 heteroatoms. The average molecular weight is 236 g/mol. The molecule has 0 spiro atoms. The van der Waals surface area contributed by atoms with Gasteiger partial charge in [-0.3, -0.25) is 5.41 Å². The maximum absolute atomic E-state index is 10.5. The molecule has 0 amide bonds. The predicted molar refractivity (Wildman–Crippen MR) is 51.9 cm³/mol. The van der Waals surface area contributed by atoms with E-state index in [2.05, 4.69) is 9.68 Å². The summed E-state index contributed by atoms with van der Waals surface area (Å²) < 4.78 is 23.3. The molecule has 15 heavy (non-hydrogen) atoms. The molecule has 0 aromatic heterocycles. The fraction of sp³-hybridized carbons (Fsp3) is 0.667. The van der Waals surface area contributed by atoms with Gasteiger partial charge in [0.15, 0.2) is 12.0 Å². The zero-order valence-corrected chi connectivity index (χ0v) is 8.62. The van der Waals surface area contributed by atoms with Gasteiger partial charge in [0.1, 0.15) is 0 Å². The van der Waals surface area contributed by atoms with Crippen LogP contribution in [0.15, 0.2) is 4.36 Å². The van der Waals surface area contributed by atoms with Crippen molar-refractivity contribution in [2.45, 2.75) is 18.9 Å². The second kappa shape index (κ2) is 6.76. The molecule has 5 N–H and O–H groups in total. The average Bonchev–Trinajstić information content (AvgIpc) is 2.08. The van der Waals surface area contributed by atoms with Crippen LogP contribution in [0.2, 0.25) is 0 Å². The van der Waals surface area contributed by atoms with Gasteiger partial charge in [-0.15, -0.1) is 0 Å². The SMILES string of the molecule is N=C(N)NCCC[C@@H](N=S(=O)=O)C(=O)O. The Hall–Kier alpha value is -1.64. The molecule has 8 nitrogen and oxygen atoms in total. The number of hydrogen-bond donors (Lipinski definition) is 4. The Morgan fingerprint density at radius 2 is 2.20 bits per heavy atom. The lowest BCUT2D eigenvalue weighted by Crippen LogP contribution is -2.31. The zero-order chi connectivity index (χ0) is 11.8. The van der Waals surface area contributed by atoms with E-state index in [4.69, 9.17) is 16.2 Å². The molecule has 0 aromatic rings. The van der Waals surface area contributed by atoms with Crippen molar-refractivity contribution in [3.05, 3.63) is 0 Å². The Kier molecular flexibility index (Phi) is 6.02. The van der Waals surface area contributed by atoms with Gasteiger partial charge < -0.3 is 16.2 Å². The first-order valence-electron chi connectivity index (χ1n) is 4.04. The smallest absolute Gasteiger partial charge is 0.329 e. The van der Waals surface area contributed by atoms with E-state index in [-0.39, 0.29) is 12.4 Å². The van der Waals surface area contributed by atoms with Crippen molar-refractivity contribution in [2.24, 2.45) is 10.1 Å². The van der Waals surface area contributed by atoms with E-state index in [1.807, 2.05) is 0 Å². The molecule has 0 aromatic carbocycles. The van der Waals surface area contributed by atoms with Crippen LogP contribution in [-0.4, -0.2) is 38.0 Å². The summed E-state index contributed by atoms with van der Waals surface area (Å²) in [5.74, 6) is -1.51. The fourth-order valence-electron chi connectivity index (χ4n) is 0.844. The van der Waals surface area contributed by atoms with Crippen LogP contribution in [0.4, 0.5) is 0 Å². The fourth-order valence-corrected chi connectivity index (χ4v) is 1.25. The van der Waals surface area contributed by atoms with Crippen LogP contribution in [0, 0.1) is 5.41 Å². The summed E-state index contributed by atoms with van der Waals surface area (Å²) in [6, 6.07) is -1.27. The molecule has 0 aliphatic rings. The van der Waals surface area contributed by atoms with Crippen molar-refractivity contribution >= 4 is 22.4 Å². The van der Waals surface area contributed by atoms with Crippen LogP contribution in [0.1, 0.15) is 12.8 Å². The standard InChI is InChI=1S/C6H12N4O4S/c7-6(8)9-3-1-2-4(5(11)12)10-15(13)14/h4H,1-3H2,(H,11,12)(H4,7,8,9)/t4-/m1/s1. The molecule has 0 saturated heterocycles. The van der Waals surface area contributed by atoms with Gasteiger partial charge in [0.2, 0.25) is 0 Å². The van der Waals surface area contributed by atoms with Crippen molar-refractivity contribution in [3.63, 3.8) is 0 Å². The molecule has 0 fully saturated rings. The Bertz CT molecular complexity index is 355. The molecule has 0 aliphatic carbocycles. The summed E-state index contributed by atoms with van der Waals surface area (Å²) in [6.45, 7) is 0.306. The lowest BCUT2D eigenvalue weighted by atomic mass is 10.2. The second-order valence-corrected chi connectivity index (χ2v) is 3.30. The van der Waals surface area contributed by atoms with E-state index in [1.165, 1.54) is 0 Å². The van der Waals surface area contributed by atoms with E-state index < -0.39 is 22.5 Å². The Morgan fingerprint density at radius 1 is 1.60 bits per heavy atom. The van der Waals surface area contributed by atoms with Crippen molar-refractivity contribution < 1.29 is 18.3 Å². The van der Waals surface area contributed by atoms with Crippen LogP contribution < -0.4 is 11.1 Å². The highest BCUT2D eigenvalue weighted by atomic mass is 32.2. The summed E-state index contributed by atoms with van der Waals surface area (Å²) in [4.78, 5) is 10.5. The van der Waals surface area contributed by atoms with Crippen LogP contribution in [-0.2, 0) is 15.3 Å². The highest BCUT2D eigenvalue weighted by Gasteiger charge is 2.15. The predicted octanol–water partition coefficient (Wildman–Crippen LogP) is -1.23. The topological polar surface area (TPSA) is 146 Å². The maximum atomic E-state index is 10.5. The number of carbonyl (C=O) groups is 1. The number of carboxylic acids is 1. The molecule has 0 radical (unpaired) electrons. The molecule has 86 valence electrons. The highest BCUT2D eigenvalue weighted by Crippen LogP contribution is 2.01. The number of nitrogens with zero attached hydrogens (tertiary/aromatic N) is 1. The van der Waals surface area contributed by atoms with Gasteiger partial charge in [-0.2, -0.15) is 12.8 Å². The van der Waals surface area contributed by atoms with Crippen LogP contribution in [0.3, 0.4) is 0 Å². The Balaban J connectivity index is 4.04. The van der Waals surface area contributed by atoms with Crippen LogP contribution >= 0.6 is 0 Å². The third-order valence-electron chi connectivity index (χ3n) is 1.47. The first-order valence-corrected chi connectivity index (χ1v) is 5.07. The van der Waals surface area contributed by atoms with Gasteiger partial charge in [-0.1, -0.05) is 0 Å². The zero-order valence-electron chi connectivity index (χ0n) is 7.80. The summed E-state index contributed by atoms with van der Waals surface area (Å²) >= 11 is 0. The van der Waals surface area contributed by atoms with Crippen LogP contribution in [0.5, 0.6) is 0 Å². The molecule has 0 rings (SSSR count). The Morgan fingerprint density at radius 3 is 2.60 bits per heavy atom. The molecule has 0 saturated carbocycles. The van der Waals surface area contributed by atoms with Crippen molar-refractivity contribution in [1.82, 2.24) is 5.32 Å². The van der Waals surface area contributed by atoms with Gasteiger partial charge >= 0.3 is 16.5 Å². The van der Waals surface area contributed by atoms with E-state index >= 15 is 0 Å². The minimum absolute atomic E-state index is 0.0730. The normalized spacial score (nSPS) is 11.5. The minimum atomic E-state index is -2.72. The van der Waals surface area contributed by atoms with Gasteiger partial charge in [0, 0.05) is 6.54 Å². The summed E-state index contributed by atoms with van der Waals surface area (Å²) in [5, 5.41) is 17.8. The summed E-state index contributed by atoms with van der Waals surface area (Å²) in [5.41, 5.74) is 4.98. The largest absolute Gasteiger partial charge is 0.480 e. The molecule has 0 unspecified atom stereocenters. The maximum Gasteiger partial charge on any atom is 0.329 e. The first kappa shape index (κ1) is 13.4. The number of carboxylic acid groups (broad SMARTS) is 1. The molecule has 0 heterocycles. The Labute approximate surface area is 87.7 Å². The van der Waals surface area contributed by atoms with Gasteiger partial charge in [0.25, 0.3) is 0 Å². The lowest BCUT2D eigenvalue weighted by molar-refractivity contribution is -0.138. The highest BCUT2D eigenvalue weighted by molar-refractivity contribution is 7.61. The van der Waals surface area contributed by atoms with Crippen molar-refractivity contribution in [1.29, 1.82) is 5.41 Å². The van der Waals surface area contributed by atoms with Gasteiger partial charge in [0.05, 0.1) is 0 Å². The number of nitrogens with two attached hydrogens (primary N) is 1. The van der Waals surface area contributed by atoms with E-state index in [0.29, 0.717) is 13.0 Å².